The van der Waals surface area contributed by atoms with Gasteiger partial charge in [0.25, 0.3) is 0 Å². The number of benzene rings is 11. The fraction of sp³-hybridized carbons (Fsp3) is 0. The number of rotatable bonds is 7. The van der Waals surface area contributed by atoms with E-state index in [0.717, 1.165) is 22.7 Å². The lowest BCUT2D eigenvalue weighted by Crippen LogP contribution is -2.10. The Kier molecular flexibility index (Phi) is 8.53. The molecule has 0 unspecified atom stereocenters. The second-order valence-electron chi connectivity index (χ2n) is 16.1. The average Bonchev–Trinajstić information content (AvgIpc) is 3.69. The van der Waals surface area contributed by atoms with Crippen molar-refractivity contribution < 1.29 is 0 Å². The first-order valence-corrected chi connectivity index (χ1v) is 21.3. The number of para-hydroxylation sites is 1. The molecule has 0 fully saturated rings. The standard InChI is InChI=1S/C60H40N2/c1-3-12-41(13-4-1)42-22-24-43(25-23-42)44-28-34-51(35-29-44)61(58-21-11-16-48-27-26-46-14-7-9-19-53(46)59(48)58)52-36-30-45(31-37-52)49-33-39-57-56(40-49)55-38-32-47-15-8-10-20-54(47)60(55)62(57)50-17-5-2-6-18-50/h1-40H. The van der Waals surface area contributed by atoms with E-state index in [1.165, 1.54) is 87.5 Å². The molecule has 1 heterocycles. The quantitative estimate of drug-likeness (QED) is 0.146. The van der Waals surface area contributed by atoms with Crippen LogP contribution < -0.4 is 4.90 Å². The molecule has 62 heavy (non-hydrogen) atoms. The number of aromatic nitrogens is 1. The Bertz CT molecular complexity index is 3590. The van der Waals surface area contributed by atoms with Crippen molar-refractivity contribution in [2.24, 2.45) is 0 Å². The van der Waals surface area contributed by atoms with Gasteiger partial charge in [-0.05, 0) is 110 Å². The van der Waals surface area contributed by atoms with Gasteiger partial charge in [-0.1, -0.05) is 188 Å². The Morgan fingerprint density at radius 2 is 0.774 bits per heavy atom. The molecular weight excluding hydrogens is 749 g/mol. The molecule has 0 radical (unpaired) electrons. The molecule has 0 amide bonds. The van der Waals surface area contributed by atoms with Crippen molar-refractivity contribution in [1.82, 2.24) is 4.57 Å². The van der Waals surface area contributed by atoms with E-state index < -0.39 is 0 Å². The molecule has 11 aromatic carbocycles. The molecule has 2 nitrogen and oxygen atoms in total. The fourth-order valence-corrected chi connectivity index (χ4v) is 9.55. The summed E-state index contributed by atoms with van der Waals surface area (Å²) >= 11 is 0. The van der Waals surface area contributed by atoms with Crippen LogP contribution in [-0.4, -0.2) is 4.57 Å². The zero-order chi connectivity index (χ0) is 41.0. The van der Waals surface area contributed by atoms with Crippen molar-refractivity contribution >= 4 is 71.2 Å². The van der Waals surface area contributed by atoms with Crippen LogP contribution in [-0.2, 0) is 0 Å². The second-order valence-corrected chi connectivity index (χ2v) is 16.1. The number of nitrogens with zero attached hydrogens (tertiary/aromatic N) is 2. The van der Waals surface area contributed by atoms with Gasteiger partial charge >= 0.3 is 0 Å². The Morgan fingerprint density at radius 3 is 1.45 bits per heavy atom. The van der Waals surface area contributed by atoms with E-state index in [0.29, 0.717) is 0 Å². The number of fused-ring (bicyclic) bond motifs is 8. The molecule has 0 atom stereocenters. The van der Waals surface area contributed by atoms with Gasteiger partial charge in [0.05, 0.1) is 16.7 Å². The molecule has 2 heteroatoms. The first-order chi connectivity index (χ1) is 30.7. The highest BCUT2D eigenvalue weighted by Gasteiger charge is 2.19. The van der Waals surface area contributed by atoms with Crippen LogP contribution in [0, 0.1) is 0 Å². The summed E-state index contributed by atoms with van der Waals surface area (Å²) in [5.74, 6) is 0. The topological polar surface area (TPSA) is 8.17 Å². The van der Waals surface area contributed by atoms with E-state index in [2.05, 4.69) is 252 Å². The summed E-state index contributed by atoms with van der Waals surface area (Å²) < 4.78 is 2.43. The van der Waals surface area contributed by atoms with Gasteiger partial charge in [0.2, 0.25) is 0 Å². The van der Waals surface area contributed by atoms with Gasteiger partial charge in [-0.2, -0.15) is 0 Å². The largest absolute Gasteiger partial charge is 0.310 e. The molecule has 0 aliphatic carbocycles. The highest BCUT2D eigenvalue weighted by atomic mass is 15.1. The van der Waals surface area contributed by atoms with Gasteiger partial charge in [0.1, 0.15) is 0 Å². The lowest BCUT2D eigenvalue weighted by Gasteiger charge is -2.28. The van der Waals surface area contributed by atoms with Gasteiger partial charge < -0.3 is 9.47 Å². The van der Waals surface area contributed by atoms with Crippen LogP contribution in [0.4, 0.5) is 17.1 Å². The molecule has 1 aromatic heterocycles. The summed E-state index contributed by atoms with van der Waals surface area (Å²) in [4.78, 5) is 2.42. The average molecular weight is 789 g/mol. The summed E-state index contributed by atoms with van der Waals surface area (Å²) in [5.41, 5.74) is 14.1. The van der Waals surface area contributed by atoms with E-state index >= 15 is 0 Å². The van der Waals surface area contributed by atoms with E-state index in [1.54, 1.807) is 0 Å². The van der Waals surface area contributed by atoms with Crippen molar-refractivity contribution in [2.45, 2.75) is 0 Å². The molecule has 0 saturated heterocycles. The Morgan fingerprint density at radius 1 is 0.290 bits per heavy atom. The highest BCUT2D eigenvalue weighted by molar-refractivity contribution is 6.19. The minimum atomic E-state index is 1.10. The molecular formula is C60H40N2. The summed E-state index contributed by atoms with van der Waals surface area (Å²) in [5, 5.41) is 9.93. The first-order valence-electron chi connectivity index (χ1n) is 21.3. The third-order valence-corrected chi connectivity index (χ3v) is 12.6. The zero-order valence-electron chi connectivity index (χ0n) is 34.0. The third-order valence-electron chi connectivity index (χ3n) is 12.6. The van der Waals surface area contributed by atoms with Crippen molar-refractivity contribution in [3.8, 4) is 39.1 Å². The Hall–Kier alpha value is -8.20. The van der Waals surface area contributed by atoms with E-state index in [-0.39, 0.29) is 0 Å². The van der Waals surface area contributed by atoms with E-state index in [9.17, 15) is 0 Å². The molecule has 290 valence electrons. The molecule has 0 N–H and O–H groups in total. The molecule has 12 rings (SSSR count). The third kappa shape index (κ3) is 6.04. The lowest BCUT2D eigenvalue weighted by molar-refractivity contribution is 1.19. The number of anilines is 3. The fourth-order valence-electron chi connectivity index (χ4n) is 9.55. The van der Waals surface area contributed by atoms with Gasteiger partial charge in [0.15, 0.2) is 0 Å². The van der Waals surface area contributed by atoms with Crippen LogP contribution >= 0.6 is 0 Å². The van der Waals surface area contributed by atoms with Gasteiger partial charge in [-0.3, -0.25) is 0 Å². The minimum Gasteiger partial charge on any atom is -0.310 e. The van der Waals surface area contributed by atoms with Crippen molar-refractivity contribution in [3.05, 3.63) is 243 Å². The predicted molar refractivity (Wildman–Crippen MR) is 264 cm³/mol. The molecule has 0 aliphatic rings. The minimum absolute atomic E-state index is 1.10. The SMILES string of the molecule is c1ccc(-c2ccc(-c3ccc(N(c4ccc(-c5ccc6c(c5)c5ccc7ccccc7c5n6-c5ccccc5)cc4)c4cccc5ccc6ccccc6c45)cc3)cc2)cc1. The molecule has 0 aliphatic heterocycles. The predicted octanol–water partition coefficient (Wildman–Crippen LogP) is 16.7. The smallest absolute Gasteiger partial charge is 0.0619 e. The van der Waals surface area contributed by atoms with Crippen molar-refractivity contribution in [3.63, 3.8) is 0 Å². The zero-order valence-corrected chi connectivity index (χ0v) is 34.0. The monoisotopic (exact) mass is 788 g/mol. The van der Waals surface area contributed by atoms with E-state index in [1.807, 2.05) is 0 Å². The maximum absolute atomic E-state index is 2.43. The molecule has 12 aromatic rings. The normalized spacial score (nSPS) is 11.5. The lowest BCUT2D eigenvalue weighted by atomic mass is 9.98. The van der Waals surface area contributed by atoms with Crippen LogP contribution in [0.3, 0.4) is 0 Å². The summed E-state index contributed by atoms with van der Waals surface area (Å²) in [6, 6.07) is 88.4. The summed E-state index contributed by atoms with van der Waals surface area (Å²) in [6.45, 7) is 0. The van der Waals surface area contributed by atoms with Crippen LogP contribution in [0.25, 0.3) is 93.2 Å². The summed E-state index contributed by atoms with van der Waals surface area (Å²) in [6.07, 6.45) is 0. The van der Waals surface area contributed by atoms with Gasteiger partial charge in [0, 0.05) is 38.6 Å². The first kappa shape index (κ1) is 35.7. The van der Waals surface area contributed by atoms with Gasteiger partial charge in [-0.15, -0.1) is 0 Å². The van der Waals surface area contributed by atoms with Crippen LogP contribution in [0.2, 0.25) is 0 Å². The highest BCUT2D eigenvalue weighted by Crippen LogP contribution is 2.44. The second kappa shape index (κ2) is 14.8. The Labute approximate surface area is 360 Å². The Balaban J connectivity index is 0.972. The van der Waals surface area contributed by atoms with Crippen LogP contribution in [0.1, 0.15) is 0 Å². The van der Waals surface area contributed by atoms with Crippen molar-refractivity contribution in [1.29, 1.82) is 0 Å². The summed E-state index contributed by atoms with van der Waals surface area (Å²) in [7, 11) is 0. The van der Waals surface area contributed by atoms with Crippen LogP contribution in [0.5, 0.6) is 0 Å². The maximum atomic E-state index is 2.43. The van der Waals surface area contributed by atoms with Gasteiger partial charge in [-0.25, -0.2) is 0 Å². The maximum Gasteiger partial charge on any atom is 0.0619 e. The van der Waals surface area contributed by atoms with Crippen LogP contribution in [0.15, 0.2) is 243 Å². The van der Waals surface area contributed by atoms with E-state index in [4.69, 9.17) is 0 Å². The molecule has 0 spiro atoms. The molecule has 0 bridgehead atoms. The van der Waals surface area contributed by atoms with Crippen molar-refractivity contribution in [2.75, 3.05) is 4.90 Å². The number of hydrogen-bond acceptors (Lipinski definition) is 1. The molecule has 0 saturated carbocycles. The number of hydrogen-bond donors (Lipinski definition) is 0.